The average molecular weight is 248 g/mol. The van der Waals surface area contributed by atoms with Crippen LogP contribution in [0.15, 0.2) is 30.3 Å². The molecule has 1 aromatic rings. The average Bonchev–Trinajstić information content (AvgIpc) is 2.40. The van der Waals surface area contributed by atoms with Crippen molar-refractivity contribution in [3.05, 3.63) is 35.9 Å². The van der Waals surface area contributed by atoms with Crippen LogP contribution in [0.25, 0.3) is 0 Å². The monoisotopic (exact) mass is 248 g/mol. The van der Waals surface area contributed by atoms with E-state index in [1.165, 1.54) is 5.56 Å². The van der Waals surface area contributed by atoms with E-state index in [0.717, 1.165) is 39.1 Å². The normalized spacial score (nSPS) is 22.9. The van der Waals surface area contributed by atoms with E-state index in [2.05, 4.69) is 36.1 Å². The summed E-state index contributed by atoms with van der Waals surface area (Å²) in [5, 5.41) is 0. The second-order valence-electron chi connectivity index (χ2n) is 5.14. The summed E-state index contributed by atoms with van der Waals surface area (Å²) in [7, 11) is 0. The Balaban J connectivity index is 1.69. The van der Waals surface area contributed by atoms with E-state index in [1.807, 2.05) is 6.07 Å². The van der Waals surface area contributed by atoms with Crippen molar-refractivity contribution < 1.29 is 4.74 Å². The molecular weight excluding hydrogens is 224 g/mol. The molecule has 1 aliphatic rings. The highest BCUT2D eigenvalue weighted by Gasteiger charge is 2.16. The molecule has 3 heteroatoms. The number of hydrogen-bond donors (Lipinski definition) is 1. The lowest BCUT2D eigenvalue weighted by atomic mass is 10.0. The van der Waals surface area contributed by atoms with Gasteiger partial charge in [-0.1, -0.05) is 30.3 Å². The predicted octanol–water partition coefficient (Wildman–Crippen LogP) is 2.19. The van der Waals surface area contributed by atoms with E-state index >= 15 is 0 Å². The number of hydrogen-bond acceptors (Lipinski definition) is 3. The molecule has 0 saturated carbocycles. The molecule has 1 aliphatic heterocycles. The molecule has 0 radical (unpaired) electrons. The van der Waals surface area contributed by atoms with Crippen LogP contribution in [-0.2, 0) is 4.74 Å². The molecule has 2 rings (SSSR count). The van der Waals surface area contributed by atoms with E-state index in [-0.39, 0.29) is 6.04 Å². The smallest absolute Gasteiger partial charge is 0.0674 e. The number of nitrogens with two attached hydrogens (primary N) is 1. The van der Waals surface area contributed by atoms with E-state index < -0.39 is 0 Å². The second-order valence-corrected chi connectivity index (χ2v) is 5.14. The van der Waals surface area contributed by atoms with Gasteiger partial charge in [0.25, 0.3) is 0 Å². The first-order valence-electron chi connectivity index (χ1n) is 6.90. The summed E-state index contributed by atoms with van der Waals surface area (Å²) in [5.41, 5.74) is 7.44. The molecule has 2 unspecified atom stereocenters. The maximum Gasteiger partial charge on any atom is 0.0674 e. The van der Waals surface area contributed by atoms with Crippen LogP contribution in [-0.4, -0.2) is 37.2 Å². The first-order valence-corrected chi connectivity index (χ1v) is 6.90. The molecule has 1 aromatic carbocycles. The van der Waals surface area contributed by atoms with Crippen molar-refractivity contribution in [3.8, 4) is 0 Å². The maximum absolute atomic E-state index is 6.19. The Bertz CT molecular complexity index is 342. The minimum atomic E-state index is 0.171. The molecule has 0 spiro atoms. The lowest BCUT2D eigenvalue weighted by Gasteiger charge is -2.31. The fourth-order valence-corrected chi connectivity index (χ4v) is 2.50. The van der Waals surface area contributed by atoms with Crippen LogP contribution in [0.5, 0.6) is 0 Å². The third-order valence-corrected chi connectivity index (χ3v) is 3.54. The van der Waals surface area contributed by atoms with Crippen LogP contribution in [0.3, 0.4) is 0 Å². The van der Waals surface area contributed by atoms with Crippen LogP contribution in [0.4, 0.5) is 0 Å². The fraction of sp³-hybridized carbons (Fsp3) is 0.600. The van der Waals surface area contributed by atoms with Crippen LogP contribution in [0.2, 0.25) is 0 Å². The van der Waals surface area contributed by atoms with Crippen LogP contribution < -0.4 is 5.73 Å². The molecule has 1 saturated heterocycles. The van der Waals surface area contributed by atoms with Crippen LogP contribution >= 0.6 is 0 Å². The Hall–Kier alpha value is -0.900. The first-order chi connectivity index (χ1) is 8.75. The highest BCUT2D eigenvalue weighted by molar-refractivity contribution is 5.18. The van der Waals surface area contributed by atoms with E-state index in [9.17, 15) is 0 Å². The van der Waals surface area contributed by atoms with Gasteiger partial charge in [-0.05, 0) is 31.9 Å². The highest BCUT2D eigenvalue weighted by Crippen LogP contribution is 2.16. The molecule has 3 nitrogen and oxygen atoms in total. The zero-order valence-corrected chi connectivity index (χ0v) is 11.2. The van der Waals surface area contributed by atoms with Gasteiger partial charge < -0.3 is 10.5 Å². The SMILES string of the molecule is CC1CN(CCCC(N)c2ccccc2)CCO1. The van der Waals surface area contributed by atoms with Gasteiger partial charge in [0.05, 0.1) is 12.7 Å². The van der Waals surface area contributed by atoms with Gasteiger partial charge in [-0.2, -0.15) is 0 Å². The molecule has 1 fully saturated rings. The number of nitrogens with zero attached hydrogens (tertiary/aromatic N) is 1. The molecule has 0 aliphatic carbocycles. The van der Waals surface area contributed by atoms with Gasteiger partial charge in [0.1, 0.15) is 0 Å². The van der Waals surface area contributed by atoms with Gasteiger partial charge in [-0.15, -0.1) is 0 Å². The molecule has 18 heavy (non-hydrogen) atoms. The number of benzene rings is 1. The van der Waals surface area contributed by atoms with Crippen LogP contribution in [0, 0.1) is 0 Å². The van der Waals surface area contributed by atoms with Crippen molar-refractivity contribution in [3.63, 3.8) is 0 Å². The zero-order valence-electron chi connectivity index (χ0n) is 11.2. The first kappa shape index (κ1) is 13.5. The number of ether oxygens (including phenoxy) is 1. The zero-order chi connectivity index (χ0) is 12.8. The number of morpholine rings is 1. The van der Waals surface area contributed by atoms with Gasteiger partial charge in [0, 0.05) is 19.1 Å². The fourth-order valence-electron chi connectivity index (χ4n) is 2.50. The van der Waals surface area contributed by atoms with Crippen molar-refractivity contribution >= 4 is 0 Å². The largest absolute Gasteiger partial charge is 0.376 e. The lowest BCUT2D eigenvalue weighted by molar-refractivity contribution is -0.0186. The predicted molar refractivity (Wildman–Crippen MR) is 74.5 cm³/mol. The van der Waals surface area contributed by atoms with Crippen molar-refractivity contribution in [1.82, 2.24) is 4.90 Å². The highest BCUT2D eigenvalue weighted by atomic mass is 16.5. The molecule has 2 atom stereocenters. The van der Waals surface area contributed by atoms with Crippen molar-refractivity contribution in [1.29, 1.82) is 0 Å². The quantitative estimate of drug-likeness (QED) is 0.868. The Morgan fingerprint density at radius 3 is 2.89 bits per heavy atom. The summed E-state index contributed by atoms with van der Waals surface area (Å²) < 4.78 is 5.54. The summed E-state index contributed by atoms with van der Waals surface area (Å²) in [6.45, 7) is 6.26. The second kappa shape index (κ2) is 6.88. The summed E-state index contributed by atoms with van der Waals surface area (Å²) in [5.74, 6) is 0. The Labute approximate surface area is 110 Å². The molecular formula is C15H24N2O. The van der Waals surface area contributed by atoms with Crippen LogP contribution in [0.1, 0.15) is 31.4 Å². The third kappa shape index (κ3) is 4.09. The molecule has 0 bridgehead atoms. The van der Waals surface area contributed by atoms with Gasteiger partial charge in [-0.3, -0.25) is 4.90 Å². The topological polar surface area (TPSA) is 38.5 Å². The molecule has 1 heterocycles. The minimum Gasteiger partial charge on any atom is -0.376 e. The summed E-state index contributed by atoms with van der Waals surface area (Å²) in [6.07, 6.45) is 2.58. The third-order valence-electron chi connectivity index (χ3n) is 3.54. The summed E-state index contributed by atoms with van der Waals surface area (Å²) >= 11 is 0. The van der Waals surface area contributed by atoms with Crippen molar-refractivity contribution in [2.45, 2.75) is 31.9 Å². The molecule has 0 amide bonds. The van der Waals surface area contributed by atoms with E-state index in [4.69, 9.17) is 10.5 Å². The van der Waals surface area contributed by atoms with Gasteiger partial charge in [0.2, 0.25) is 0 Å². The maximum atomic E-state index is 6.19. The number of rotatable bonds is 5. The van der Waals surface area contributed by atoms with Gasteiger partial charge in [-0.25, -0.2) is 0 Å². The van der Waals surface area contributed by atoms with Gasteiger partial charge in [0.15, 0.2) is 0 Å². The van der Waals surface area contributed by atoms with E-state index in [1.54, 1.807) is 0 Å². The lowest BCUT2D eigenvalue weighted by Crippen LogP contribution is -2.41. The van der Waals surface area contributed by atoms with Gasteiger partial charge >= 0.3 is 0 Å². The van der Waals surface area contributed by atoms with Crippen molar-refractivity contribution in [2.75, 3.05) is 26.2 Å². The summed E-state index contributed by atoms with van der Waals surface area (Å²) in [6, 6.07) is 10.5. The Kier molecular flexibility index (Phi) is 5.17. The standard InChI is InChI=1S/C15H24N2O/c1-13-12-17(10-11-18-13)9-5-8-15(16)14-6-3-2-4-7-14/h2-4,6-7,13,15H,5,8-12,16H2,1H3. The molecule has 100 valence electrons. The Morgan fingerprint density at radius 2 is 2.17 bits per heavy atom. The molecule has 0 aromatic heterocycles. The summed E-state index contributed by atoms with van der Waals surface area (Å²) in [4.78, 5) is 2.48. The molecule has 2 N–H and O–H groups in total. The Morgan fingerprint density at radius 1 is 1.39 bits per heavy atom. The van der Waals surface area contributed by atoms with E-state index in [0.29, 0.717) is 6.10 Å². The minimum absolute atomic E-state index is 0.171. The van der Waals surface area contributed by atoms with Crippen molar-refractivity contribution in [2.24, 2.45) is 5.73 Å².